The molecule has 1 heterocycles. The molecule has 0 aromatic heterocycles. The molecule has 1 rings (SSSR count). The lowest BCUT2D eigenvalue weighted by molar-refractivity contribution is 0.236. The highest BCUT2D eigenvalue weighted by Crippen LogP contribution is 2.24. The lowest BCUT2D eigenvalue weighted by Crippen LogP contribution is -2.50. The minimum absolute atomic E-state index is 0. The zero-order chi connectivity index (χ0) is 15.8. The van der Waals surface area contributed by atoms with E-state index in [1.807, 2.05) is 7.05 Å². The predicted molar refractivity (Wildman–Crippen MR) is 112 cm³/mol. The highest BCUT2D eigenvalue weighted by atomic mass is 127. The average Bonchev–Trinajstić information content (AvgIpc) is 2.47. The Morgan fingerprint density at radius 1 is 1.36 bits per heavy atom. The molecule has 1 fully saturated rings. The van der Waals surface area contributed by atoms with Crippen LogP contribution in [-0.4, -0.2) is 72.6 Å². The van der Waals surface area contributed by atoms with Gasteiger partial charge in [-0.15, -0.1) is 24.0 Å². The second-order valence-corrected chi connectivity index (χ2v) is 7.64. The molecule has 6 heteroatoms. The van der Waals surface area contributed by atoms with E-state index in [4.69, 9.17) is 0 Å². The van der Waals surface area contributed by atoms with Gasteiger partial charge in [0.25, 0.3) is 0 Å². The van der Waals surface area contributed by atoms with Crippen LogP contribution in [0.3, 0.4) is 0 Å². The number of likely N-dealkylation sites (N-methyl/N-ethyl adjacent to an activating group) is 1. The number of aliphatic imine (C=N–C) groups is 1. The van der Waals surface area contributed by atoms with Gasteiger partial charge >= 0.3 is 0 Å². The van der Waals surface area contributed by atoms with Gasteiger partial charge in [-0.25, -0.2) is 0 Å². The van der Waals surface area contributed by atoms with Crippen molar-refractivity contribution in [2.75, 3.05) is 45.5 Å². The van der Waals surface area contributed by atoms with Gasteiger partial charge in [0.2, 0.25) is 0 Å². The van der Waals surface area contributed by atoms with Crippen molar-refractivity contribution < 1.29 is 0 Å². The van der Waals surface area contributed by atoms with Crippen LogP contribution in [0.2, 0.25) is 0 Å². The maximum atomic E-state index is 4.48. The second-order valence-electron chi connectivity index (χ2n) is 6.30. The zero-order valence-corrected chi connectivity index (χ0v) is 18.3. The number of halogens is 1. The highest BCUT2D eigenvalue weighted by Gasteiger charge is 2.24. The van der Waals surface area contributed by atoms with E-state index in [1.54, 1.807) is 0 Å². The molecule has 1 aliphatic rings. The van der Waals surface area contributed by atoms with Crippen LogP contribution in [0, 0.1) is 5.92 Å². The number of nitrogens with one attached hydrogen (secondary N) is 1. The number of rotatable bonds is 6. The van der Waals surface area contributed by atoms with E-state index in [0.29, 0.717) is 6.04 Å². The molecule has 0 aromatic carbocycles. The molecule has 0 aliphatic carbocycles. The third kappa shape index (κ3) is 7.25. The quantitative estimate of drug-likeness (QED) is 0.389. The summed E-state index contributed by atoms with van der Waals surface area (Å²) in [6.07, 6.45) is 0. The lowest BCUT2D eigenvalue weighted by Gasteiger charge is -2.36. The Bertz CT molecular complexity index is 323. The summed E-state index contributed by atoms with van der Waals surface area (Å²) in [5.41, 5.74) is 0. The predicted octanol–water partition coefficient (Wildman–Crippen LogP) is 2.98. The summed E-state index contributed by atoms with van der Waals surface area (Å²) in [5, 5.41) is 4.27. The van der Waals surface area contributed by atoms with E-state index < -0.39 is 0 Å². The first-order valence-corrected chi connectivity index (χ1v) is 9.35. The second kappa shape index (κ2) is 11.8. The molecule has 0 amide bonds. The third-order valence-corrected chi connectivity index (χ3v) is 5.71. The van der Waals surface area contributed by atoms with Crippen LogP contribution in [-0.2, 0) is 0 Å². The van der Waals surface area contributed by atoms with E-state index in [9.17, 15) is 0 Å². The molecule has 0 bridgehead atoms. The molecule has 4 nitrogen and oxygen atoms in total. The topological polar surface area (TPSA) is 30.9 Å². The Balaban J connectivity index is 0.00000441. The minimum Gasteiger partial charge on any atom is -0.355 e. The van der Waals surface area contributed by atoms with Crippen molar-refractivity contribution in [3.05, 3.63) is 0 Å². The van der Waals surface area contributed by atoms with Gasteiger partial charge in [-0.2, -0.15) is 11.8 Å². The average molecular weight is 442 g/mol. The van der Waals surface area contributed by atoms with Crippen molar-refractivity contribution in [2.45, 2.75) is 45.9 Å². The summed E-state index contributed by atoms with van der Waals surface area (Å²) in [4.78, 5) is 9.38. The van der Waals surface area contributed by atoms with Gasteiger partial charge < -0.3 is 10.2 Å². The Hall–Kier alpha value is 0.310. The molecule has 1 aliphatic heterocycles. The van der Waals surface area contributed by atoms with Crippen LogP contribution in [0.4, 0.5) is 0 Å². The maximum Gasteiger partial charge on any atom is 0.193 e. The monoisotopic (exact) mass is 442 g/mol. The van der Waals surface area contributed by atoms with Crippen LogP contribution < -0.4 is 5.32 Å². The molecule has 1 N–H and O–H groups in total. The Labute approximate surface area is 158 Å². The first-order valence-electron chi connectivity index (χ1n) is 8.30. The summed E-state index contributed by atoms with van der Waals surface area (Å²) < 4.78 is 0. The molecule has 1 saturated heterocycles. The molecular weight excluding hydrogens is 407 g/mol. The fourth-order valence-electron chi connectivity index (χ4n) is 2.70. The van der Waals surface area contributed by atoms with Crippen molar-refractivity contribution in [2.24, 2.45) is 10.9 Å². The molecule has 0 saturated carbocycles. The highest BCUT2D eigenvalue weighted by molar-refractivity contribution is 14.0. The summed E-state index contributed by atoms with van der Waals surface area (Å²) in [7, 11) is 1.90. The Kier molecular flexibility index (Phi) is 12.0. The fraction of sp³-hybridized carbons (Fsp3) is 0.938. The van der Waals surface area contributed by atoms with E-state index in [1.165, 1.54) is 5.75 Å². The van der Waals surface area contributed by atoms with Gasteiger partial charge in [0.15, 0.2) is 5.96 Å². The summed E-state index contributed by atoms with van der Waals surface area (Å²) in [6, 6.07) is 0.607. The molecule has 1 unspecified atom stereocenters. The van der Waals surface area contributed by atoms with Crippen LogP contribution in [0.15, 0.2) is 4.99 Å². The number of hydrogen-bond acceptors (Lipinski definition) is 3. The zero-order valence-electron chi connectivity index (χ0n) is 15.1. The number of nitrogens with zero attached hydrogens (tertiary/aromatic N) is 3. The minimum atomic E-state index is 0. The van der Waals surface area contributed by atoms with Crippen LogP contribution in [0.1, 0.15) is 34.6 Å². The van der Waals surface area contributed by atoms with Crippen LogP contribution >= 0.6 is 35.7 Å². The SMILES string of the molecule is CCN(CCNC(=NC)N1CCSC(C(C)C)C1)C(C)C.I. The first-order chi connectivity index (χ1) is 9.99. The van der Waals surface area contributed by atoms with Crippen molar-refractivity contribution in [1.29, 1.82) is 0 Å². The van der Waals surface area contributed by atoms with Crippen molar-refractivity contribution in [3.63, 3.8) is 0 Å². The van der Waals surface area contributed by atoms with Gasteiger partial charge in [-0.05, 0) is 26.3 Å². The molecule has 0 radical (unpaired) electrons. The normalized spacial score (nSPS) is 19.8. The lowest BCUT2D eigenvalue weighted by atomic mass is 10.1. The standard InChI is InChI=1S/C16H34N4S.HI/c1-7-19(14(4)5)9-8-18-16(17-6)20-10-11-21-15(12-20)13(2)3;/h13-15H,7-12H2,1-6H3,(H,17,18);1H. The fourth-order valence-corrected chi connectivity index (χ4v) is 3.99. The molecule has 0 spiro atoms. The van der Waals surface area contributed by atoms with Crippen molar-refractivity contribution in [3.8, 4) is 0 Å². The van der Waals surface area contributed by atoms with Crippen molar-refractivity contribution in [1.82, 2.24) is 15.1 Å². The summed E-state index contributed by atoms with van der Waals surface area (Å²) in [6.45, 7) is 16.7. The Morgan fingerprint density at radius 2 is 2.05 bits per heavy atom. The largest absolute Gasteiger partial charge is 0.355 e. The summed E-state index contributed by atoms with van der Waals surface area (Å²) >= 11 is 2.11. The Morgan fingerprint density at radius 3 is 2.55 bits per heavy atom. The van der Waals surface area contributed by atoms with E-state index >= 15 is 0 Å². The summed E-state index contributed by atoms with van der Waals surface area (Å²) in [5.74, 6) is 3.00. The molecule has 22 heavy (non-hydrogen) atoms. The van der Waals surface area contributed by atoms with E-state index in [2.05, 4.69) is 66.5 Å². The van der Waals surface area contributed by atoms with Crippen LogP contribution in [0.5, 0.6) is 0 Å². The number of thioether (sulfide) groups is 1. The van der Waals surface area contributed by atoms with E-state index in [-0.39, 0.29) is 24.0 Å². The van der Waals surface area contributed by atoms with Gasteiger partial charge in [-0.1, -0.05) is 20.8 Å². The van der Waals surface area contributed by atoms with Gasteiger partial charge in [0.05, 0.1) is 0 Å². The van der Waals surface area contributed by atoms with Gasteiger partial charge in [0.1, 0.15) is 0 Å². The van der Waals surface area contributed by atoms with Crippen LogP contribution in [0.25, 0.3) is 0 Å². The van der Waals surface area contributed by atoms with Gasteiger partial charge in [0, 0.05) is 50.3 Å². The smallest absolute Gasteiger partial charge is 0.193 e. The molecular formula is C16H35IN4S. The maximum absolute atomic E-state index is 4.48. The van der Waals surface area contributed by atoms with Gasteiger partial charge in [-0.3, -0.25) is 9.89 Å². The van der Waals surface area contributed by atoms with Crippen molar-refractivity contribution >= 4 is 41.7 Å². The number of hydrogen-bond donors (Lipinski definition) is 1. The molecule has 132 valence electrons. The first kappa shape index (κ1) is 22.3. The number of guanidine groups is 1. The third-order valence-electron chi connectivity index (χ3n) is 4.17. The molecule has 1 atom stereocenters. The molecule has 0 aromatic rings. The van der Waals surface area contributed by atoms with E-state index in [0.717, 1.165) is 49.9 Å².